The van der Waals surface area contributed by atoms with Crippen LogP contribution >= 0.6 is 0 Å². The van der Waals surface area contributed by atoms with E-state index in [2.05, 4.69) is 21.9 Å². The minimum absolute atomic E-state index is 0.0583. The zero-order valence-corrected chi connectivity index (χ0v) is 15.9. The molecule has 1 unspecified atom stereocenters. The number of hydrogen-bond donors (Lipinski definition) is 1. The average Bonchev–Trinajstić information content (AvgIpc) is 2.75. The highest BCUT2D eigenvalue weighted by molar-refractivity contribution is 5.86. The summed E-state index contributed by atoms with van der Waals surface area (Å²) in [5, 5.41) is 12.4. The second kappa shape index (κ2) is 9.65. The third-order valence-electron chi connectivity index (χ3n) is 4.99. The number of aromatic nitrogens is 2. The molecule has 28 heavy (non-hydrogen) atoms. The lowest BCUT2D eigenvalue weighted by molar-refractivity contribution is -0.123. The summed E-state index contributed by atoms with van der Waals surface area (Å²) in [4.78, 5) is 23.5. The fraction of sp³-hybridized carbons (Fsp3) is 0.364. The van der Waals surface area contributed by atoms with E-state index in [0.29, 0.717) is 12.4 Å². The Balaban J connectivity index is 1.96. The quantitative estimate of drug-likeness (QED) is 0.749. The molecular weight excluding hydrogens is 350 g/mol. The first-order chi connectivity index (χ1) is 13.7. The first kappa shape index (κ1) is 19.6. The van der Waals surface area contributed by atoms with Gasteiger partial charge in [-0.25, -0.2) is 9.97 Å². The van der Waals surface area contributed by atoms with E-state index in [1.54, 1.807) is 12.1 Å². The molecule has 0 spiro atoms. The van der Waals surface area contributed by atoms with Crippen molar-refractivity contribution >= 4 is 11.7 Å². The standard InChI is InChI=1S/C22H25N5O/c1-2-15-27(20-13-14-24-19(16-23)26-20)21(17-9-5-3-6-10-17)22(28)25-18-11-7-4-8-12-18/h2-3,5-6,9-10,13-14,18,21H,1,4,7-8,11-12,15H2,(H,25,28). The van der Waals surface area contributed by atoms with Crippen molar-refractivity contribution in [3.05, 3.63) is 66.6 Å². The van der Waals surface area contributed by atoms with E-state index < -0.39 is 6.04 Å². The van der Waals surface area contributed by atoms with Gasteiger partial charge in [0.1, 0.15) is 17.9 Å². The van der Waals surface area contributed by atoms with Crippen molar-refractivity contribution < 1.29 is 4.79 Å². The molecule has 1 aromatic carbocycles. The molecule has 1 atom stereocenters. The summed E-state index contributed by atoms with van der Waals surface area (Å²) in [5.74, 6) is 0.544. The zero-order chi connectivity index (χ0) is 19.8. The number of benzene rings is 1. The molecule has 6 heteroatoms. The molecule has 1 N–H and O–H groups in total. The van der Waals surface area contributed by atoms with E-state index in [1.165, 1.54) is 12.6 Å². The van der Waals surface area contributed by atoms with Gasteiger partial charge < -0.3 is 10.2 Å². The maximum Gasteiger partial charge on any atom is 0.247 e. The summed E-state index contributed by atoms with van der Waals surface area (Å²) in [6.45, 7) is 4.25. The van der Waals surface area contributed by atoms with Crippen LogP contribution in [0, 0.1) is 11.3 Å². The van der Waals surface area contributed by atoms with Crippen molar-refractivity contribution in [2.24, 2.45) is 0 Å². The van der Waals surface area contributed by atoms with Gasteiger partial charge in [-0.3, -0.25) is 4.79 Å². The lowest BCUT2D eigenvalue weighted by Crippen LogP contribution is -2.45. The number of nitrogens with zero attached hydrogens (tertiary/aromatic N) is 4. The van der Waals surface area contributed by atoms with Gasteiger partial charge in [-0.05, 0) is 24.5 Å². The largest absolute Gasteiger partial charge is 0.351 e. The molecule has 0 saturated heterocycles. The van der Waals surface area contributed by atoms with Gasteiger partial charge in [0.15, 0.2) is 0 Å². The van der Waals surface area contributed by atoms with Crippen LogP contribution in [0.15, 0.2) is 55.3 Å². The first-order valence-electron chi connectivity index (χ1n) is 9.69. The number of anilines is 1. The van der Waals surface area contributed by atoms with Crippen molar-refractivity contribution in [3.8, 4) is 6.07 Å². The lowest BCUT2D eigenvalue weighted by atomic mass is 9.94. The zero-order valence-electron chi connectivity index (χ0n) is 15.9. The highest BCUT2D eigenvalue weighted by Crippen LogP contribution is 2.27. The van der Waals surface area contributed by atoms with Crippen LogP contribution < -0.4 is 10.2 Å². The van der Waals surface area contributed by atoms with Gasteiger partial charge in [0.25, 0.3) is 0 Å². The Hall–Kier alpha value is -3.20. The number of carbonyl (C=O) groups excluding carboxylic acids is 1. The lowest BCUT2D eigenvalue weighted by Gasteiger charge is -2.33. The summed E-state index contributed by atoms with van der Waals surface area (Å²) < 4.78 is 0. The molecule has 1 aromatic heterocycles. The Kier molecular flexibility index (Phi) is 6.74. The van der Waals surface area contributed by atoms with Crippen molar-refractivity contribution in [1.82, 2.24) is 15.3 Å². The van der Waals surface area contributed by atoms with E-state index in [4.69, 9.17) is 5.26 Å². The van der Waals surface area contributed by atoms with E-state index in [9.17, 15) is 4.79 Å². The van der Waals surface area contributed by atoms with Crippen LogP contribution in [-0.4, -0.2) is 28.5 Å². The number of carbonyl (C=O) groups is 1. The summed E-state index contributed by atoms with van der Waals surface area (Å²) in [7, 11) is 0. The highest BCUT2D eigenvalue weighted by Gasteiger charge is 2.30. The molecule has 1 aliphatic carbocycles. The Bertz CT molecular complexity index is 840. The minimum Gasteiger partial charge on any atom is -0.351 e. The van der Waals surface area contributed by atoms with Gasteiger partial charge in [-0.2, -0.15) is 5.26 Å². The number of amides is 1. The van der Waals surface area contributed by atoms with Gasteiger partial charge in [-0.1, -0.05) is 55.7 Å². The van der Waals surface area contributed by atoms with Crippen molar-refractivity contribution in [3.63, 3.8) is 0 Å². The van der Waals surface area contributed by atoms with Crippen LogP contribution in [0.5, 0.6) is 0 Å². The van der Waals surface area contributed by atoms with Crippen LogP contribution in [0.3, 0.4) is 0 Å². The Morgan fingerprint density at radius 1 is 1.29 bits per heavy atom. The Morgan fingerprint density at radius 3 is 2.71 bits per heavy atom. The summed E-state index contributed by atoms with van der Waals surface area (Å²) in [6, 6.07) is 13.0. The van der Waals surface area contributed by atoms with E-state index in [0.717, 1.165) is 31.2 Å². The Labute approximate surface area is 165 Å². The van der Waals surface area contributed by atoms with Gasteiger partial charge in [-0.15, -0.1) is 6.58 Å². The van der Waals surface area contributed by atoms with E-state index in [-0.39, 0.29) is 17.8 Å². The molecule has 1 heterocycles. The van der Waals surface area contributed by atoms with Crippen LogP contribution in [0.1, 0.15) is 49.5 Å². The van der Waals surface area contributed by atoms with Crippen molar-refractivity contribution in [2.75, 3.05) is 11.4 Å². The normalized spacial score (nSPS) is 15.2. The molecule has 6 nitrogen and oxygen atoms in total. The molecule has 144 valence electrons. The highest BCUT2D eigenvalue weighted by atomic mass is 16.2. The monoisotopic (exact) mass is 375 g/mol. The topological polar surface area (TPSA) is 81.9 Å². The smallest absolute Gasteiger partial charge is 0.247 e. The molecular formula is C22H25N5O. The molecule has 1 saturated carbocycles. The van der Waals surface area contributed by atoms with Crippen molar-refractivity contribution in [2.45, 2.75) is 44.2 Å². The molecule has 2 aromatic rings. The third kappa shape index (κ3) is 4.74. The molecule has 0 aliphatic heterocycles. The predicted octanol–water partition coefficient (Wildman–Crippen LogP) is 3.53. The molecule has 1 fully saturated rings. The Morgan fingerprint density at radius 2 is 2.04 bits per heavy atom. The third-order valence-corrected chi connectivity index (χ3v) is 4.99. The summed E-state index contributed by atoms with van der Waals surface area (Å²) in [5.41, 5.74) is 0.870. The molecule has 1 amide bonds. The fourth-order valence-electron chi connectivity index (χ4n) is 3.67. The fourth-order valence-corrected chi connectivity index (χ4v) is 3.67. The molecule has 0 radical (unpaired) electrons. The van der Waals surface area contributed by atoms with Crippen molar-refractivity contribution in [1.29, 1.82) is 5.26 Å². The molecule has 0 bridgehead atoms. The number of hydrogen-bond acceptors (Lipinski definition) is 5. The first-order valence-corrected chi connectivity index (χ1v) is 9.69. The van der Waals surface area contributed by atoms with Gasteiger partial charge in [0.2, 0.25) is 11.7 Å². The maximum absolute atomic E-state index is 13.4. The molecule has 3 rings (SSSR count). The number of rotatable bonds is 7. The molecule has 1 aliphatic rings. The second-order valence-corrected chi connectivity index (χ2v) is 6.95. The van der Waals surface area contributed by atoms with Crippen LogP contribution in [0.4, 0.5) is 5.82 Å². The van der Waals surface area contributed by atoms with Gasteiger partial charge in [0.05, 0.1) is 0 Å². The van der Waals surface area contributed by atoms with Crippen LogP contribution in [0.25, 0.3) is 0 Å². The van der Waals surface area contributed by atoms with Crippen LogP contribution in [0.2, 0.25) is 0 Å². The predicted molar refractivity (Wildman–Crippen MR) is 108 cm³/mol. The van der Waals surface area contributed by atoms with Gasteiger partial charge >= 0.3 is 0 Å². The van der Waals surface area contributed by atoms with Gasteiger partial charge in [0, 0.05) is 18.8 Å². The number of nitrogens with one attached hydrogen (secondary N) is 1. The average molecular weight is 375 g/mol. The maximum atomic E-state index is 13.4. The summed E-state index contributed by atoms with van der Waals surface area (Å²) >= 11 is 0. The minimum atomic E-state index is -0.567. The number of nitriles is 1. The second-order valence-electron chi connectivity index (χ2n) is 6.95. The van der Waals surface area contributed by atoms with E-state index in [1.807, 2.05) is 41.3 Å². The van der Waals surface area contributed by atoms with Crippen LogP contribution in [-0.2, 0) is 4.79 Å². The van der Waals surface area contributed by atoms with E-state index >= 15 is 0 Å². The summed E-state index contributed by atoms with van der Waals surface area (Å²) in [6.07, 6.45) is 8.83. The SMILES string of the molecule is C=CCN(c1ccnc(C#N)n1)C(C(=O)NC1CCCCC1)c1ccccc1.